The quantitative estimate of drug-likeness (QED) is 0.746. The molecule has 2 rings (SSSR count). The van der Waals surface area contributed by atoms with Gasteiger partial charge in [0.2, 0.25) is 0 Å². The highest BCUT2D eigenvalue weighted by Gasteiger charge is 2.09. The minimum atomic E-state index is -0.0739. The Hall–Kier alpha value is -2.21. The minimum Gasteiger partial charge on any atom is -0.380 e. The van der Waals surface area contributed by atoms with Gasteiger partial charge in [0.25, 0.3) is 5.91 Å². The van der Waals surface area contributed by atoms with Crippen molar-refractivity contribution in [2.75, 3.05) is 13.7 Å². The molecule has 1 amide bonds. The van der Waals surface area contributed by atoms with Crippen LogP contribution in [0.15, 0.2) is 30.6 Å². The lowest BCUT2D eigenvalue weighted by atomic mass is 10.1. The summed E-state index contributed by atoms with van der Waals surface area (Å²) in [6.45, 7) is 1.03. The van der Waals surface area contributed by atoms with Crippen LogP contribution in [0.5, 0.6) is 0 Å². The van der Waals surface area contributed by atoms with Gasteiger partial charge in [-0.05, 0) is 18.1 Å². The summed E-state index contributed by atoms with van der Waals surface area (Å²) in [6, 6.07) is 7.45. The van der Waals surface area contributed by atoms with E-state index in [2.05, 4.69) is 20.5 Å². The first kappa shape index (κ1) is 14.2. The summed E-state index contributed by atoms with van der Waals surface area (Å²) in [5.41, 5.74) is 1.55. The SMILES string of the molecule is COCc1ccccc1C(=O)NCCCc1ncn[nH]1. The molecular weight excluding hydrogens is 256 g/mol. The Balaban J connectivity index is 1.82. The number of nitrogens with zero attached hydrogens (tertiary/aromatic N) is 2. The summed E-state index contributed by atoms with van der Waals surface area (Å²) in [5, 5.41) is 9.47. The van der Waals surface area contributed by atoms with Gasteiger partial charge in [-0.2, -0.15) is 5.10 Å². The van der Waals surface area contributed by atoms with Crippen molar-refractivity contribution in [3.8, 4) is 0 Å². The Labute approximate surface area is 117 Å². The molecule has 0 radical (unpaired) electrons. The second kappa shape index (κ2) is 7.40. The number of amides is 1. The van der Waals surface area contributed by atoms with Crippen LogP contribution in [-0.4, -0.2) is 34.7 Å². The Kier molecular flexibility index (Phi) is 5.25. The van der Waals surface area contributed by atoms with E-state index in [-0.39, 0.29) is 5.91 Å². The molecule has 0 bridgehead atoms. The molecule has 0 saturated heterocycles. The number of methoxy groups -OCH3 is 1. The van der Waals surface area contributed by atoms with Crippen molar-refractivity contribution < 1.29 is 9.53 Å². The third-order valence-corrected chi connectivity index (χ3v) is 2.90. The molecule has 2 N–H and O–H groups in total. The molecule has 0 fully saturated rings. The summed E-state index contributed by atoms with van der Waals surface area (Å²) < 4.78 is 5.09. The van der Waals surface area contributed by atoms with Crippen LogP contribution in [0.4, 0.5) is 0 Å². The lowest BCUT2D eigenvalue weighted by Gasteiger charge is -2.09. The van der Waals surface area contributed by atoms with Gasteiger partial charge in [0.15, 0.2) is 0 Å². The average Bonchev–Trinajstić information content (AvgIpc) is 2.97. The molecule has 20 heavy (non-hydrogen) atoms. The summed E-state index contributed by atoms with van der Waals surface area (Å²) in [4.78, 5) is 16.1. The third-order valence-electron chi connectivity index (χ3n) is 2.90. The monoisotopic (exact) mass is 274 g/mol. The number of rotatable bonds is 7. The summed E-state index contributed by atoms with van der Waals surface area (Å²) in [7, 11) is 1.62. The molecule has 0 atom stereocenters. The molecule has 0 aliphatic rings. The van der Waals surface area contributed by atoms with Crippen LogP contribution in [0.2, 0.25) is 0 Å². The first-order chi connectivity index (χ1) is 9.81. The van der Waals surface area contributed by atoms with E-state index in [1.54, 1.807) is 13.2 Å². The van der Waals surface area contributed by atoms with Gasteiger partial charge in [0.1, 0.15) is 12.2 Å². The maximum Gasteiger partial charge on any atom is 0.251 e. The van der Waals surface area contributed by atoms with Crippen LogP contribution >= 0.6 is 0 Å². The van der Waals surface area contributed by atoms with Gasteiger partial charge in [-0.15, -0.1) is 0 Å². The number of ether oxygens (including phenoxy) is 1. The van der Waals surface area contributed by atoms with Crippen LogP contribution in [0, 0.1) is 0 Å². The Morgan fingerprint density at radius 2 is 2.25 bits per heavy atom. The highest BCUT2D eigenvalue weighted by Crippen LogP contribution is 2.09. The number of hydrogen-bond acceptors (Lipinski definition) is 4. The van der Waals surface area contributed by atoms with E-state index in [4.69, 9.17) is 4.74 Å². The molecule has 0 spiro atoms. The van der Waals surface area contributed by atoms with Crippen LogP contribution in [0.3, 0.4) is 0 Å². The molecule has 0 unspecified atom stereocenters. The molecule has 6 nitrogen and oxygen atoms in total. The Bertz CT molecular complexity index is 540. The van der Waals surface area contributed by atoms with Crippen LogP contribution in [-0.2, 0) is 17.8 Å². The number of carbonyl (C=O) groups excluding carboxylic acids is 1. The van der Waals surface area contributed by atoms with Gasteiger partial charge >= 0.3 is 0 Å². The number of aromatic nitrogens is 3. The highest BCUT2D eigenvalue weighted by atomic mass is 16.5. The molecule has 1 aromatic carbocycles. The van der Waals surface area contributed by atoms with E-state index < -0.39 is 0 Å². The van der Waals surface area contributed by atoms with Crippen molar-refractivity contribution in [1.29, 1.82) is 0 Å². The van der Waals surface area contributed by atoms with Crippen LogP contribution in [0.1, 0.15) is 28.2 Å². The van der Waals surface area contributed by atoms with Crippen molar-refractivity contribution in [3.63, 3.8) is 0 Å². The van der Waals surface area contributed by atoms with E-state index in [1.807, 2.05) is 18.2 Å². The standard InChI is InChI=1S/C14H18N4O2/c1-20-9-11-5-2-3-6-12(11)14(19)15-8-4-7-13-16-10-17-18-13/h2-3,5-6,10H,4,7-9H2,1H3,(H,15,19)(H,16,17,18). The smallest absolute Gasteiger partial charge is 0.251 e. The lowest BCUT2D eigenvalue weighted by molar-refractivity contribution is 0.0948. The first-order valence-corrected chi connectivity index (χ1v) is 6.50. The normalized spacial score (nSPS) is 10.4. The molecule has 106 valence electrons. The van der Waals surface area contributed by atoms with E-state index in [0.717, 1.165) is 24.2 Å². The Morgan fingerprint density at radius 1 is 1.40 bits per heavy atom. The fraction of sp³-hybridized carbons (Fsp3) is 0.357. The molecular formula is C14H18N4O2. The lowest BCUT2D eigenvalue weighted by Crippen LogP contribution is -2.26. The van der Waals surface area contributed by atoms with Gasteiger partial charge in [0.05, 0.1) is 6.61 Å². The maximum absolute atomic E-state index is 12.1. The van der Waals surface area contributed by atoms with Crippen LogP contribution < -0.4 is 5.32 Å². The molecule has 2 aromatic rings. The van der Waals surface area contributed by atoms with Gasteiger partial charge < -0.3 is 10.1 Å². The number of aryl methyl sites for hydroxylation is 1. The van der Waals surface area contributed by atoms with Crippen molar-refractivity contribution in [2.45, 2.75) is 19.4 Å². The maximum atomic E-state index is 12.1. The van der Waals surface area contributed by atoms with Crippen molar-refractivity contribution in [3.05, 3.63) is 47.5 Å². The molecule has 1 heterocycles. The van der Waals surface area contributed by atoms with Gasteiger partial charge in [0, 0.05) is 25.6 Å². The minimum absolute atomic E-state index is 0.0739. The van der Waals surface area contributed by atoms with Gasteiger partial charge in [-0.3, -0.25) is 9.89 Å². The second-order valence-electron chi connectivity index (χ2n) is 4.38. The van der Waals surface area contributed by atoms with Crippen LogP contribution in [0.25, 0.3) is 0 Å². The third kappa shape index (κ3) is 3.89. The van der Waals surface area contributed by atoms with Gasteiger partial charge in [-0.1, -0.05) is 18.2 Å². The summed E-state index contributed by atoms with van der Waals surface area (Å²) >= 11 is 0. The topological polar surface area (TPSA) is 79.9 Å². The van der Waals surface area contributed by atoms with Gasteiger partial charge in [-0.25, -0.2) is 4.98 Å². The van der Waals surface area contributed by atoms with E-state index in [1.165, 1.54) is 6.33 Å². The first-order valence-electron chi connectivity index (χ1n) is 6.50. The van der Waals surface area contributed by atoms with Crippen molar-refractivity contribution in [1.82, 2.24) is 20.5 Å². The zero-order valence-electron chi connectivity index (χ0n) is 11.4. The zero-order valence-corrected chi connectivity index (χ0v) is 11.4. The predicted octanol–water partition coefficient (Wildman–Crippen LogP) is 1.31. The number of hydrogen-bond donors (Lipinski definition) is 2. The number of aromatic amines is 1. The average molecular weight is 274 g/mol. The molecule has 0 aliphatic carbocycles. The highest BCUT2D eigenvalue weighted by molar-refractivity contribution is 5.95. The van der Waals surface area contributed by atoms with Crippen molar-refractivity contribution in [2.24, 2.45) is 0 Å². The zero-order chi connectivity index (χ0) is 14.2. The summed E-state index contributed by atoms with van der Waals surface area (Å²) in [6.07, 6.45) is 3.06. The predicted molar refractivity (Wildman–Crippen MR) is 74.2 cm³/mol. The fourth-order valence-corrected chi connectivity index (χ4v) is 1.93. The molecule has 0 aliphatic heterocycles. The number of nitrogens with one attached hydrogen (secondary N) is 2. The van der Waals surface area contributed by atoms with E-state index in [9.17, 15) is 4.79 Å². The summed E-state index contributed by atoms with van der Waals surface area (Å²) in [5.74, 6) is 0.759. The van der Waals surface area contributed by atoms with E-state index >= 15 is 0 Å². The molecule has 1 aromatic heterocycles. The number of H-pyrrole nitrogens is 1. The fourth-order valence-electron chi connectivity index (χ4n) is 1.93. The van der Waals surface area contributed by atoms with E-state index in [0.29, 0.717) is 18.7 Å². The number of benzene rings is 1. The molecule has 6 heteroatoms. The largest absolute Gasteiger partial charge is 0.380 e. The van der Waals surface area contributed by atoms with Crippen molar-refractivity contribution >= 4 is 5.91 Å². The molecule has 0 saturated carbocycles. The second-order valence-corrected chi connectivity index (χ2v) is 4.38. The Morgan fingerprint density at radius 3 is 3.00 bits per heavy atom. The number of carbonyl (C=O) groups is 1.